The molecule has 12 heteroatoms. The molecule has 0 radical (unpaired) electrons. The lowest BCUT2D eigenvalue weighted by molar-refractivity contribution is -0.193. The molecule has 2 heterocycles. The first-order chi connectivity index (χ1) is 14.2. The van der Waals surface area contributed by atoms with Gasteiger partial charge < -0.3 is 5.73 Å². The molecule has 0 aliphatic carbocycles. The van der Waals surface area contributed by atoms with Crippen molar-refractivity contribution in [3.8, 4) is 0 Å². The van der Waals surface area contributed by atoms with Crippen LogP contribution in [0.2, 0.25) is 0 Å². The lowest BCUT2D eigenvalue weighted by Crippen LogP contribution is -1.82. The Bertz CT molecular complexity index is 1140. The van der Waals surface area contributed by atoms with Gasteiger partial charge in [0.15, 0.2) is 20.7 Å². The highest BCUT2D eigenvalue weighted by Gasteiger charge is 2.07. The Hall–Kier alpha value is -2.88. The van der Waals surface area contributed by atoms with Crippen LogP contribution in [0.5, 0.6) is 0 Å². The van der Waals surface area contributed by atoms with Gasteiger partial charge >= 0.3 is 12.3 Å². The van der Waals surface area contributed by atoms with E-state index in [1.165, 1.54) is 34.8 Å². The Morgan fingerprint density at radius 3 is 1.70 bits per heavy atom. The van der Waals surface area contributed by atoms with E-state index >= 15 is 0 Å². The maximum absolute atomic E-state index is 13.2. The van der Waals surface area contributed by atoms with E-state index in [9.17, 15) is 8.78 Å². The van der Waals surface area contributed by atoms with Crippen LogP contribution in [0.15, 0.2) is 28.2 Å². The fourth-order valence-corrected chi connectivity index (χ4v) is 4.58. The maximum atomic E-state index is 13.2. The molecule has 156 valence electrons. The van der Waals surface area contributed by atoms with Gasteiger partial charge in [-0.15, -0.1) is 11.3 Å². The van der Waals surface area contributed by atoms with Crippen molar-refractivity contribution >= 4 is 76.5 Å². The average Bonchev–Trinajstić information content (AvgIpc) is 3.18. The van der Waals surface area contributed by atoms with Crippen LogP contribution >= 0.6 is 38.6 Å². The summed E-state index contributed by atoms with van der Waals surface area (Å²) < 4.78 is 28.8. The molecule has 2 aromatic carbocycles. The fourth-order valence-electron chi connectivity index (χ4n) is 2.23. The first-order valence-corrected chi connectivity index (χ1v) is 10.1. The van der Waals surface area contributed by atoms with E-state index in [0.29, 0.717) is 16.2 Å². The summed E-state index contributed by atoms with van der Waals surface area (Å²) in [5.41, 5.74) is 8.10. The molecule has 2 N–H and O–H groups in total. The molecule has 0 saturated carbocycles. The SMILES string of the molecule is Cc1cc(F)c2nc(Br)sc2c1.Cc1cc(F)c2nc(N)sc2c1.O=C=O.O=C=O. The zero-order chi connectivity index (χ0) is 22.8. The number of nitrogen functional groups attached to an aromatic ring is 1. The van der Waals surface area contributed by atoms with Crippen LogP contribution in [0.3, 0.4) is 0 Å². The molecule has 2 aromatic heterocycles. The molecular weight excluding hydrogens is 504 g/mol. The molecule has 0 atom stereocenters. The third-order valence-corrected chi connectivity index (χ3v) is 5.46. The minimum atomic E-state index is -0.294. The normalized spacial score (nSPS) is 9.23. The first-order valence-electron chi connectivity index (χ1n) is 7.69. The zero-order valence-electron chi connectivity index (χ0n) is 15.4. The number of anilines is 1. The Labute approximate surface area is 184 Å². The van der Waals surface area contributed by atoms with E-state index in [-0.39, 0.29) is 23.9 Å². The van der Waals surface area contributed by atoms with Gasteiger partial charge in [0.05, 0.1) is 9.40 Å². The molecule has 0 amide bonds. The second kappa shape index (κ2) is 12.0. The molecule has 4 rings (SSSR count). The minimum Gasteiger partial charge on any atom is -0.375 e. The largest absolute Gasteiger partial charge is 0.375 e. The number of fused-ring (bicyclic) bond motifs is 2. The summed E-state index contributed by atoms with van der Waals surface area (Å²) in [4.78, 5) is 40.4. The van der Waals surface area contributed by atoms with E-state index in [2.05, 4.69) is 25.9 Å². The highest BCUT2D eigenvalue weighted by Crippen LogP contribution is 2.28. The number of hydrogen-bond acceptors (Lipinski definition) is 9. The lowest BCUT2D eigenvalue weighted by atomic mass is 10.2. The molecule has 0 fully saturated rings. The zero-order valence-corrected chi connectivity index (χ0v) is 18.6. The number of nitrogens with zero attached hydrogens (tertiary/aromatic N) is 2. The summed E-state index contributed by atoms with van der Waals surface area (Å²) in [5.74, 6) is -0.537. The number of halogens is 3. The summed E-state index contributed by atoms with van der Waals surface area (Å²) in [6, 6.07) is 6.77. The van der Waals surface area contributed by atoms with Crippen molar-refractivity contribution in [2.24, 2.45) is 0 Å². The van der Waals surface area contributed by atoms with E-state index in [1.54, 1.807) is 0 Å². The van der Waals surface area contributed by atoms with Gasteiger partial charge in [-0.05, 0) is 65.2 Å². The summed E-state index contributed by atoms with van der Waals surface area (Å²) in [5, 5.41) is 0.412. The van der Waals surface area contributed by atoms with E-state index < -0.39 is 0 Å². The average molecular weight is 516 g/mol. The number of rotatable bonds is 0. The molecular formula is C18H12BrF2N3O4S2. The Morgan fingerprint density at radius 2 is 1.23 bits per heavy atom. The van der Waals surface area contributed by atoms with Crippen molar-refractivity contribution in [2.75, 3.05) is 5.73 Å². The molecule has 30 heavy (non-hydrogen) atoms. The molecule has 0 unspecified atom stereocenters. The van der Waals surface area contributed by atoms with Crippen LogP contribution in [-0.2, 0) is 19.2 Å². The number of nitrogens with two attached hydrogens (primary N) is 1. The van der Waals surface area contributed by atoms with Crippen molar-refractivity contribution in [1.29, 1.82) is 0 Å². The van der Waals surface area contributed by atoms with Crippen LogP contribution in [-0.4, -0.2) is 22.3 Å². The number of benzene rings is 2. The fraction of sp³-hybridized carbons (Fsp3) is 0.111. The lowest BCUT2D eigenvalue weighted by Gasteiger charge is -1.92. The molecule has 0 aliphatic heterocycles. The Kier molecular flexibility index (Phi) is 10.0. The summed E-state index contributed by atoms with van der Waals surface area (Å²) in [6.45, 7) is 3.72. The standard InChI is InChI=1S/C8H5BrFNS.C8H7FN2S.2CO2/c1-4-2-5(10)7-6(3-4)12-8(9)11-7;1-4-2-5(9)7-6(3-4)12-8(10)11-7;2*2-1-3/h2-3H,1H3;2-3H,1H3,(H2,10,11);;. The number of hydrogen-bond donors (Lipinski definition) is 1. The van der Waals surface area contributed by atoms with Gasteiger partial charge in [-0.25, -0.2) is 18.7 Å². The van der Waals surface area contributed by atoms with Gasteiger partial charge in [0.2, 0.25) is 0 Å². The van der Waals surface area contributed by atoms with Crippen LogP contribution in [0.1, 0.15) is 11.1 Å². The molecule has 0 bridgehead atoms. The van der Waals surface area contributed by atoms with Gasteiger partial charge in [0.1, 0.15) is 11.0 Å². The van der Waals surface area contributed by atoms with Crippen LogP contribution in [0, 0.1) is 25.5 Å². The van der Waals surface area contributed by atoms with E-state index in [1.807, 2.05) is 26.0 Å². The van der Waals surface area contributed by atoms with Gasteiger partial charge in [-0.2, -0.15) is 19.2 Å². The second-order valence-corrected chi connectivity index (χ2v) is 8.74. The van der Waals surface area contributed by atoms with Gasteiger partial charge in [-0.3, -0.25) is 0 Å². The third-order valence-electron chi connectivity index (χ3n) is 3.18. The van der Waals surface area contributed by atoms with Gasteiger partial charge in [0.25, 0.3) is 0 Å². The Morgan fingerprint density at radius 1 is 0.833 bits per heavy atom. The number of thiazole rings is 2. The van der Waals surface area contributed by atoms with Crippen molar-refractivity contribution in [1.82, 2.24) is 9.97 Å². The minimum absolute atomic E-state index is 0.244. The van der Waals surface area contributed by atoms with Crippen LogP contribution in [0.4, 0.5) is 13.9 Å². The number of carbonyl (C=O) groups excluding carboxylic acids is 4. The van der Waals surface area contributed by atoms with Crippen molar-refractivity contribution in [2.45, 2.75) is 13.8 Å². The van der Waals surface area contributed by atoms with E-state index in [0.717, 1.165) is 24.4 Å². The number of aromatic nitrogens is 2. The number of aryl methyl sites for hydroxylation is 2. The predicted molar refractivity (Wildman–Crippen MR) is 111 cm³/mol. The molecule has 0 aliphatic rings. The van der Waals surface area contributed by atoms with Gasteiger partial charge in [-0.1, -0.05) is 11.3 Å². The van der Waals surface area contributed by atoms with E-state index in [4.69, 9.17) is 24.9 Å². The Balaban J connectivity index is 0.000000239. The van der Waals surface area contributed by atoms with Crippen LogP contribution in [0.25, 0.3) is 20.4 Å². The molecule has 4 aromatic rings. The molecule has 0 saturated heterocycles. The third kappa shape index (κ3) is 7.18. The highest BCUT2D eigenvalue weighted by molar-refractivity contribution is 9.11. The quantitative estimate of drug-likeness (QED) is 0.361. The summed E-state index contributed by atoms with van der Waals surface area (Å²) in [6.07, 6.45) is 0.500. The van der Waals surface area contributed by atoms with Crippen molar-refractivity contribution in [3.63, 3.8) is 0 Å². The smallest absolute Gasteiger partial charge is 0.373 e. The summed E-state index contributed by atoms with van der Waals surface area (Å²) >= 11 is 5.98. The highest BCUT2D eigenvalue weighted by atomic mass is 79.9. The monoisotopic (exact) mass is 515 g/mol. The van der Waals surface area contributed by atoms with Crippen LogP contribution < -0.4 is 5.73 Å². The predicted octanol–water partition coefficient (Wildman–Crippen LogP) is 4.67. The topological polar surface area (TPSA) is 120 Å². The maximum Gasteiger partial charge on any atom is 0.373 e. The summed E-state index contributed by atoms with van der Waals surface area (Å²) in [7, 11) is 0. The first kappa shape index (κ1) is 25.2. The van der Waals surface area contributed by atoms with Gasteiger partial charge in [0, 0.05) is 0 Å². The second-order valence-electron chi connectivity index (χ2n) is 5.37. The van der Waals surface area contributed by atoms with Crippen molar-refractivity contribution in [3.05, 3.63) is 50.9 Å². The molecule has 7 nitrogen and oxygen atoms in total. The molecule has 0 spiro atoms. The van der Waals surface area contributed by atoms with Crippen molar-refractivity contribution < 1.29 is 28.0 Å².